The summed E-state index contributed by atoms with van der Waals surface area (Å²) in [7, 11) is 0. The van der Waals surface area contributed by atoms with Gasteiger partial charge in [0.05, 0.1) is 11.7 Å². The van der Waals surface area contributed by atoms with Crippen molar-refractivity contribution in [2.45, 2.75) is 39.2 Å². The number of piperazine rings is 1. The quantitative estimate of drug-likeness (QED) is 0.792. The normalized spacial score (nSPS) is 17.2. The number of benzene rings is 2. The lowest BCUT2D eigenvalue weighted by atomic mass is 9.97. The van der Waals surface area contributed by atoms with Crippen LogP contribution >= 0.6 is 0 Å². The molecule has 0 bridgehead atoms. The number of nitrogens with one attached hydrogen (secondary N) is 1. The van der Waals surface area contributed by atoms with Crippen LogP contribution in [0.4, 0.5) is 11.4 Å². The molecule has 1 aliphatic heterocycles. The van der Waals surface area contributed by atoms with Crippen LogP contribution in [0.3, 0.4) is 0 Å². The zero-order valence-corrected chi connectivity index (χ0v) is 17.1. The summed E-state index contributed by atoms with van der Waals surface area (Å²) >= 11 is 0. The van der Waals surface area contributed by atoms with Crippen LogP contribution in [0.1, 0.15) is 38.7 Å². The van der Waals surface area contributed by atoms with E-state index in [1.165, 1.54) is 5.56 Å². The van der Waals surface area contributed by atoms with Gasteiger partial charge in [-0.15, -0.1) is 0 Å². The predicted molar refractivity (Wildman–Crippen MR) is 115 cm³/mol. The number of hydrogen-bond acceptors (Lipinski definition) is 4. The van der Waals surface area contributed by atoms with Crippen molar-refractivity contribution >= 4 is 17.3 Å². The van der Waals surface area contributed by atoms with Gasteiger partial charge in [0.2, 0.25) is 5.91 Å². The van der Waals surface area contributed by atoms with Crippen molar-refractivity contribution in [1.82, 2.24) is 4.90 Å². The van der Waals surface area contributed by atoms with Crippen LogP contribution in [0.5, 0.6) is 5.75 Å². The SMILES string of the molecule is CC[C@@H](C)c1ccccc1NC(=O)[C@@H](C)N1CCN(c2ccccc2O)CC1. The first-order chi connectivity index (χ1) is 13.5. The molecule has 0 spiro atoms. The molecule has 5 heteroatoms. The number of anilines is 2. The van der Waals surface area contributed by atoms with Gasteiger partial charge in [-0.2, -0.15) is 0 Å². The molecule has 1 aliphatic rings. The second kappa shape index (κ2) is 9.11. The molecule has 2 aromatic carbocycles. The van der Waals surface area contributed by atoms with Gasteiger partial charge in [0.1, 0.15) is 5.75 Å². The average molecular weight is 382 g/mol. The number of phenols is 1. The number of rotatable bonds is 6. The van der Waals surface area contributed by atoms with Crippen LogP contribution in [0, 0.1) is 0 Å². The van der Waals surface area contributed by atoms with Gasteiger partial charge < -0.3 is 15.3 Å². The maximum Gasteiger partial charge on any atom is 0.241 e. The van der Waals surface area contributed by atoms with Crippen LogP contribution in [0.25, 0.3) is 0 Å². The molecule has 0 aromatic heterocycles. The minimum atomic E-state index is -0.198. The Morgan fingerprint density at radius 1 is 1.04 bits per heavy atom. The molecule has 3 rings (SSSR count). The van der Waals surface area contributed by atoms with Crippen molar-refractivity contribution in [3.63, 3.8) is 0 Å². The Balaban J connectivity index is 1.60. The van der Waals surface area contributed by atoms with Crippen molar-refractivity contribution in [2.75, 3.05) is 36.4 Å². The Bertz CT molecular complexity index is 800. The first kappa shape index (κ1) is 20.2. The van der Waals surface area contributed by atoms with Crippen molar-refractivity contribution in [2.24, 2.45) is 0 Å². The topological polar surface area (TPSA) is 55.8 Å². The lowest BCUT2D eigenvalue weighted by Gasteiger charge is -2.38. The van der Waals surface area contributed by atoms with Crippen molar-refractivity contribution in [1.29, 1.82) is 0 Å². The molecular weight excluding hydrogens is 350 g/mol. The third kappa shape index (κ3) is 4.47. The Kier molecular flexibility index (Phi) is 6.57. The number of carbonyl (C=O) groups excluding carboxylic acids is 1. The standard InChI is InChI=1S/C23H31N3O2/c1-4-17(2)19-9-5-6-10-20(19)24-23(28)18(3)25-13-15-26(16-14-25)21-11-7-8-12-22(21)27/h5-12,17-18,27H,4,13-16H2,1-3H3,(H,24,28)/t17-,18-/m1/s1. The summed E-state index contributed by atoms with van der Waals surface area (Å²) in [6.07, 6.45) is 1.04. The lowest BCUT2D eigenvalue weighted by molar-refractivity contribution is -0.120. The molecule has 1 saturated heterocycles. The van der Waals surface area contributed by atoms with Crippen LogP contribution in [-0.4, -0.2) is 48.1 Å². The highest BCUT2D eigenvalue weighted by molar-refractivity contribution is 5.95. The number of nitrogens with zero attached hydrogens (tertiary/aromatic N) is 2. The van der Waals surface area contributed by atoms with E-state index in [9.17, 15) is 9.90 Å². The highest BCUT2D eigenvalue weighted by Gasteiger charge is 2.27. The van der Waals surface area contributed by atoms with Gasteiger partial charge >= 0.3 is 0 Å². The molecule has 28 heavy (non-hydrogen) atoms. The molecule has 1 fully saturated rings. The van der Waals surface area contributed by atoms with E-state index in [2.05, 4.69) is 35.0 Å². The maximum atomic E-state index is 12.9. The van der Waals surface area contributed by atoms with Gasteiger partial charge in [-0.3, -0.25) is 9.69 Å². The lowest BCUT2D eigenvalue weighted by Crippen LogP contribution is -2.52. The molecule has 0 radical (unpaired) electrons. The number of hydrogen-bond donors (Lipinski definition) is 2. The molecular formula is C23H31N3O2. The second-order valence-corrected chi connectivity index (χ2v) is 7.57. The zero-order chi connectivity index (χ0) is 20.1. The van der Waals surface area contributed by atoms with Gasteiger partial charge in [-0.05, 0) is 43.0 Å². The van der Waals surface area contributed by atoms with Crippen LogP contribution in [-0.2, 0) is 4.79 Å². The van der Waals surface area contributed by atoms with Crippen LogP contribution < -0.4 is 10.2 Å². The molecule has 2 atom stereocenters. The highest BCUT2D eigenvalue weighted by Crippen LogP contribution is 2.28. The van der Waals surface area contributed by atoms with E-state index in [1.54, 1.807) is 6.07 Å². The number of para-hydroxylation sites is 3. The molecule has 1 amide bonds. The van der Waals surface area contributed by atoms with E-state index >= 15 is 0 Å². The molecule has 1 heterocycles. The van der Waals surface area contributed by atoms with E-state index in [-0.39, 0.29) is 11.9 Å². The van der Waals surface area contributed by atoms with E-state index in [4.69, 9.17) is 0 Å². The van der Waals surface area contributed by atoms with Gasteiger partial charge in [0.25, 0.3) is 0 Å². The van der Waals surface area contributed by atoms with Gasteiger partial charge in [-0.25, -0.2) is 0 Å². The average Bonchev–Trinajstić information content (AvgIpc) is 2.73. The molecule has 150 valence electrons. The van der Waals surface area contributed by atoms with Crippen LogP contribution in [0.2, 0.25) is 0 Å². The smallest absolute Gasteiger partial charge is 0.241 e. The molecule has 0 saturated carbocycles. The molecule has 0 unspecified atom stereocenters. The Morgan fingerprint density at radius 3 is 2.36 bits per heavy atom. The summed E-state index contributed by atoms with van der Waals surface area (Å²) in [5.41, 5.74) is 2.97. The number of carbonyl (C=O) groups is 1. The van der Waals surface area contributed by atoms with Gasteiger partial charge in [0, 0.05) is 31.9 Å². The minimum absolute atomic E-state index is 0.0340. The first-order valence-electron chi connectivity index (χ1n) is 10.2. The minimum Gasteiger partial charge on any atom is -0.506 e. The Morgan fingerprint density at radius 2 is 1.68 bits per heavy atom. The molecule has 2 aromatic rings. The van der Waals surface area contributed by atoms with Crippen LogP contribution in [0.15, 0.2) is 48.5 Å². The predicted octanol–water partition coefficient (Wildman–Crippen LogP) is 4.05. The number of amides is 1. The largest absolute Gasteiger partial charge is 0.506 e. The van der Waals surface area contributed by atoms with Gasteiger partial charge in [-0.1, -0.05) is 44.2 Å². The Hall–Kier alpha value is -2.53. The zero-order valence-electron chi connectivity index (χ0n) is 17.1. The Labute approximate surface area is 168 Å². The summed E-state index contributed by atoms with van der Waals surface area (Å²) in [6.45, 7) is 9.47. The van der Waals surface area contributed by atoms with Crippen molar-refractivity contribution in [3.05, 3.63) is 54.1 Å². The molecule has 2 N–H and O–H groups in total. The summed E-state index contributed by atoms with van der Waals surface area (Å²) in [5.74, 6) is 0.754. The molecule has 0 aliphatic carbocycles. The second-order valence-electron chi connectivity index (χ2n) is 7.57. The third-order valence-corrected chi connectivity index (χ3v) is 5.83. The fourth-order valence-corrected chi connectivity index (χ4v) is 3.75. The first-order valence-corrected chi connectivity index (χ1v) is 10.2. The summed E-state index contributed by atoms with van der Waals surface area (Å²) in [5, 5.41) is 13.2. The van der Waals surface area contributed by atoms with Gasteiger partial charge in [0.15, 0.2) is 0 Å². The fraction of sp³-hybridized carbons (Fsp3) is 0.435. The monoisotopic (exact) mass is 381 g/mol. The number of phenolic OH excluding ortho intramolecular Hbond substituents is 1. The fourth-order valence-electron chi connectivity index (χ4n) is 3.75. The van der Waals surface area contributed by atoms with E-state index in [0.29, 0.717) is 11.7 Å². The van der Waals surface area contributed by atoms with Crippen molar-refractivity contribution < 1.29 is 9.90 Å². The summed E-state index contributed by atoms with van der Waals surface area (Å²) < 4.78 is 0. The summed E-state index contributed by atoms with van der Waals surface area (Å²) in [6, 6.07) is 15.3. The maximum absolute atomic E-state index is 12.9. The third-order valence-electron chi connectivity index (χ3n) is 5.83. The number of aromatic hydroxyl groups is 1. The van der Waals surface area contributed by atoms with Crippen molar-refractivity contribution in [3.8, 4) is 5.75 Å². The van der Waals surface area contributed by atoms with E-state index in [0.717, 1.165) is 44.0 Å². The highest BCUT2D eigenvalue weighted by atomic mass is 16.3. The molecule has 5 nitrogen and oxygen atoms in total. The summed E-state index contributed by atoms with van der Waals surface area (Å²) in [4.78, 5) is 17.3. The van der Waals surface area contributed by atoms with E-state index in [1.807, 2.05) is 43.3 Å². The van der Waals surface area contributed by atoms with E-state index < -0.39 is 0 Å².